The Hall–Kier alpha value is -2.36. The molecule has 0 spiro atoms. The molecule has 198 valence electrons. The molecule has 0 aromatic rings. The van der Waals surface area contributed by atoms with E-state index >= 15 is 0 Å². The smallest absolute Gasteiger partial charge is 0.412 e. The Morgan fingerprint density at radius 2 is 1.67 bits per heavy atom. The summed E-state index contributed by atoms with van der Waals surface area (Å²) in [5.41, 5.74) is -1.82. The average molecular weight is 509 g/mol. The zero-order valence-corrected chi connectivity index (χ0v) is 20.7. The van der Waals surface area contributed by atoms with E-state index in [9.17, 15) is 27.9 Å². The van der Waals surface area contributed by atoms with Crippen LogP contribution < -0.4 is 5.32 Å². The quantitative estimate of drug-likeness (QED) is 0.406. The molecule has 2 N–H and O–H groups in total. The molecule has 0 aromatic carbocycles. The maximum Gasteiger partial charge on any atom is 0.412 e. The number of allylic oxidation sites excluding steroid dienone is 3. The molecule has 5 saturated carbocycles. The molecule has 1 aliphatic heterocycles. The molecule has 0 aromatic heterocycles. The molecule has 4 bridgehead atoms. The SMILES string of the molecule is C=N/C(=C\C=C(/C)C(F)(F)F)N1CCN(C2(C(=O)NC3C4CC5CC3CC(C(=O)O)(C5)C4)CC2)CC1. The van der Waals surface area contributed by atoms with Gasteiger partial charge in [-0.1, -0.05) is 6.08 Å². The van der Waals surface area contributed by atoms with E-state index in [1.165, 1.54) is 6.08 Å². The van der Waals surface area contributed by atoms with Gasteiger partial charge in [-0.05, 0) is 82.4 Å². The summed E-state index contributed by atoms with van der Waals surface area (Å²) in [6.07, 6.45) is 3.70. The van der Waals surface area contributed by atoms with Crippen molar-refractivity contribution in [1.82, 2.24) is 15.1 Å². The first-order valence-electron chi connectivity index (χ1n) is 12.9. The molecule has 1 amide bonds. The minimum Gasteiger partial charge on any atom is -0.481 e. The average Bonchev–Trinajstić information content (AvgIpc) is 3.63. The number of carboxylic acid groups (broad SMARTS) is 1. The van der Waals surface area contributed by atoms with Gasteiger partial charge in [0.25, 0.3) is 0 Å². The Kier molecular flexibility index (Phi) is 6.24. The van der Waals surface area contributed by atoms with E-state index in [1.807, 2.05) is 4.90 Å². The molecule has 1 saturated heterocycles. The number of carboxylic acids is 1. The predicted molar refractivity (Wildman–Crippen MR) is 128 cm³/mol. The zero-order chi connectivity index (χ0) is 25.9. The van der Waals surface area contributed by atoms with Crippen molar-refractivity contribution >= 4 is 18.6 Å². The number of nitrogens with zero attached hydrogens (tertiary/aromatic N) is 3. The van der Waals surface area contributed by atoms with Gasteiger partial charge in [0.1, 0.15) is 11.4 Å². The van der Waals surface area contributed by atoms with Crippen LogP contribution >= 0.6 is 0 Å². The van der Waals surface area contributed by atoms with Crippen molar-refractivity contribution < 1.29 is 27.9 Å². The van der Waals surface area contributed by atoms with Crippen molar-refractivity contribution in [3.63, 3.8) is 0 Å². The summed E-state index contributed by atoms with van der Waals surface area (Å²) < 4.78 is 38.4. The maximum absolute atomic E-state index is 13.5. The second-order valence-corrected chi connectivity index (χ2v) is 11.6. The molecule has 6 fully saturated rings. The Morgan fingerprint density at radius 1 is 1.06 bits per heavy atom. The standard InChI is InChI=1S/C26H35F3N4O3/c1-16(26(27,28)29)3-4-20(30-2)32-7-9-33(10-8-32)25(5-6-25)22(34)31-21-18-11-17-12-19(21)15-24(13-17,14-18)23(35)36/h3-4,17-19,21H,2,5-15H2,1H3,(H,31,34)(H,35,36)/b16-3+,20-4+. The highest BCUT2D eigenvalue weighted by molar-refractivity contribution is 5.89. The van der Waals surface area contributed by atoms with Gasteiger partial charge in [0.05, 0.1) is 5.41 Å². The first-order valence-corrected chi connectivity index (χ1v) is 12.9. The molecule has 0 radical (unpaired) electrons. The van der Waals surface area contributed by atoms with Gasteiger partial charge in [0.2, 0.25) is 5.91 Å². The Bertz CT molecular complexity index is 979. The van der Waals surface area contributed by atoms with Crippen LogP contribution in [0.15, 0.2) is 28.5 Å². The number of aliphatic carboxylic acids is 1. The van der Waals surface area contributed by atoms with Gasteiger partial charge in [0, 0.05) is 37.8 Å². The number of hydrogen-bond acceptors (Lipinski definition) is 5. The van der Waals surface area contributed by atoms with Crippen LogP contribution in [0.1, 0.15) is 51.9 Å². The van der Waals surface area contributed by atoms with Crippen molar-refractivity contribution in [3.8, 4) is 0 Å². The highest BCUT2D eigenvalue weighted by Crippen LogP contribution is 2.60. The zero-order valence-electron chi connectivity index (χ0n) is 20.7. The molecular formula is C26H35F3N4O3. The Balaban J connectivity index is 1.20. The van der Waals surface area contributed by atoms with Crippen molar-refractivity contribution in [3.05, 3.63) is 23.5 Å². The lowest BCUT2D eigenvalue weighted by Gasteiger charge is -2.58. The van der Waals surface area contributed by atoms with Crippen molar-refractivity contribution in [2.75, 3.05) is 26.2 Å². The van der Waals surface area contributed by atoms with Crippen LogP contribution in [0.3, 0.4) is 0 Å². The number of nitrogens with one attached hydrogen (secondary N) is 1. The second-order valence-electron chi connectivity index (χ2n) is 11.6. The van der Waals surface area contributed by atoms with Gasteiger partial charge < -0.3 is 15.3 Å². The maximum atomic E-state index is 13.5. The molecule has 10 heteroatoms. The highest BCUT2D eigenvalue weighted by Gasteiger charge is 2.61. The van der Waals surface area contributed by atoms with Crippen LogP contribution in [0.4, 0.5) is 13.2 Å². The largest absolute Gasteiger partial charge is 0.481 e. The fraction of sp³-hybridized carbons (Fsp3) is 0.731. The summed E-state index contributed by atoms with van der Waals surface area (Å²) in [6.45, 7) is 6.87. The molecule has 6 aliphatic rings. The monoisotopic (exact) mass is 508 g/mol. The summed E-state index contributed by atoms with van der Waals surface area (Å²) in [7, 11) is 0. The third-order valence-corrected chi connectivity index (χ3v) is 9.47. The van der Waals surface area contributed by atoms with E-state index in [1.54, 1.807) is 0 Å². The summed E-state index contributed by atoms with van der Waals surface area (Å²) in [6, 6.07) is 0.0588. The second kappa shape index (κ2) is 8.89. The first-order chi connectivity index (χ1) is 17.0. The van der Waals surface area contributed by atoms with E-state index in [0.29, 0.717) is 50.8 Å². The third kappa shape index (κ3) is 4.35. The van der Waals surface area contributed by atoms with E-state index in [4.69, 9.17) is 0 Å². The van der Waals surface area contributed by atoms with Gasteiger partial charge in [-0.3, -0.25) is 14.5 Å². The molecule has 2 unspecified atom stereocenters. The number of carbonyl (C=O) groups excluding carboxylic acids is 1. The third-order valence-electron chi connectivity index (χ3n) is 9.47. The topological polar surface area (TPSA) is 85.2 Å². The van der Waals surface area contributed by atoms with Gasteiger partial charge in [-0.2, -0.15) is 13.2 Å². The minimum atomic E-state index is -4.38. The van der Waals surface area contributed by atoms with Crippen LogP contribution in [0, 0.1) is 23.2 Å². The minimum absolute atomic E-state index is 0.0548. The van der Waals surface area contributed by atoms with Gasteiger partial charge in [-0.15, -0.1) is 0 Å². The van der Waals surface area contributed by atoms with Crippen LogP contribution in [0.5, 0.6) is 0 Å². The van der Waals surface area contributed by atoms with Crippen molar-refractivity contribution in [2.24, 2.45) is 28.2 Å². The lowest BCUT2D eigenvalue weighted by Crippen LogP contribution is -2.64. The van der Waals surface area contributed by atoms with E-state index in [2.05, 4.69) is 21.9 Å². The Morgan fingerprint density at radius 3 is 2.17 bits per heavy atom. The number of hydrogen-bond donors (Lipinski definition) is 2. The summed E-state index contributed by atoms with van der Waals surface area (Å²) >= 11 is 0. The summed E-state index contributed by atoms with van der Waals surface area (Å²) in [4.78, 5) is 33.6. The van der Waals surface area contributed by atoms with Crippen molar-refractivity contribution in [1.29, 1.82) is 0 Å². The lowest BCUT2D eigenvalue weighted by molar-refractivity contribution is -0.168. The number of halogens is 3. The number of aliphatic imine (C=N–C) groups is 1. The highest BCUT2D eigenvalue weighted by atomic mass is 19.4. The van der Waals surface area contributed by atoms with Gasteiger partial charge in [0.15, 0.2) is 0 Å². The molecule has 36 heavy (non-hydrogen) atoms. The van der Waals surface area contributed by atoms with Crippen molar-refractivity contribution in [2.45, 2.75) is 69.6 Å². The number of carbonyl (C=O) groups is 2. The van der Waals surface area contributed by atoms with Crippen LogP contribution in [-0.2, 0) is 9.59 Å². The van der Waals surface area contributed by atoms with Gasteiger partial charge in [-0.25, -0.2) is 4.99 Å². The van der Waals surface area contributed by atoms with Crippen LogP contribution in [0.2, 0.25) is 0 Å². The normalized spacial score (nSPS) is 36.1. The summed E-state index contributed by atoms with van der Waals surface area (Å²) in [5.74, 6) is 0.722. The first kappa shape index (κ1) is 25.3. The molecule has 5 aliphatic carbocycles. The van der Waals surface area contributed by atoms with E-state index < -0.39 is 28.7 Å². The Labute approximate surface area is 209 Å². The fourth-order valence-corrected chi connectivity index (χ4v) is 7.53. The molecule has 6 rings (SSSR count). The number of rotatable bonds is 7. The summed E-state index contributed by atoms with van der Waals surface area (Å²) in [5, 5.41) is 13.2. The number of piperazine rings is 1. The number of alkyl halides is 3. The molecule has 7 nitrogen and oxygen atoms in total. The number of amides is 1. The molecular weight excluding hydrogens is 473 g/mol. The van der Waals surface area contributed by atoms with E-state index in [0.717, 1.165) is 45.1 Å². The predicted octanol–water partition coefficient (Wildman–Crippen LogP) is 3.58. The molecule has 2 atom stereocenters. The van der Waals surface area contributed by atoms with Crippen LogP contribution in [-0.4, -0.2) is 77.4 Å². The van der Waals surface area contributed by atoms with Crippen LogP contribution in [0.25, 0.3) is 0 Å². The van der Waals surface area contributed by atoms with Gasteiger partial charge >= 0.3 is 12.1 Å². The lowest BCUT2D eigenvalue weighted by atomic mass is 9.48. The van der Waals surface area contributed by atoms with E-state index in [-0.39, 0.29) is 23.8 Å². The fourth-order valence-electron chi connectivity index (χ4n) is 7.53. The molecule has 1 heterocycles.